The summed E-state index contributed by atoms with van der Waals surface area (Å²) in [4.78, 5) is 24.1. The van der Waals surface area contributed by atoms with Crippen molar-refractivity contribution in [3.63, 3.8) is 0 Å². The summed E-state index contributed by atoms with van der Waals surface area (Å²) in [5.41, 5.74) is 2.38. The van der Waals surface area contributed by atoms with Crippen LogP contribution < -0.4 is 0 Å². The molecule has 0 aliphatic carbocycles. The van der Waals surface area contributed by atoms with Crippen LogP contribution in [-0.2, 0) is 20.9 Å². The predicted octanol–water partition coefficient (Wildman–Crippen LogP) is 1.70. The first-order valence-electron chi connectivity index (χ1n) is 6.09. The molecule has 0 amide bonds. The number of carbonyl (C=O) groups is 2. The van der Waals surface area contributed by atoms with Gasteiger partial charge in [0, 0.05) is 6.54 Å². The van der Waals surface area contributed by atoms with E-state index in [0.29, 0.717) is 12.5 Å². The third-order valence-corrected chi connectivity index (χ3v) is 2.99. The van der Waals surface area contributed by atoms with E-state index in [-0.39, 0.29) is 13.1 Å². The second kappa shape index (κ2) is 5.31. The molecule has 0 N–H and O–H groups in total. The van der Waals surface area contributed by atoms with E-state index in [2.05, 4.69) is 30.7 Å². The molecule has 0 radical (unpaired) electrons. The average molecular weight is 247 g/mol. The molecule has 4 heteroatoms. The fourth-order valence-corrected chi connectivity index (χ4v) is 1.99. The van der Waals surface area contributed by atoms with Crippen LogP contribution in [0.3, 0.4) is 0 Å². The summed E-state index contributed by atoms with van der Waals surface area (Å²) in [7, 11) is 0. The molecule has 1 fully saturated rings. The Morgan fingerprint density at radius 1 is 1.11 bits per heavy atom. The Morgan fingerprint density at radius 2 is 1.67 bits per heavy atom. The number of rotatable bonds is 3. The lowest BCUT2D eigenvalue weighted by atomic mass is 10.0. The molecule has 0 spiro atoms. The molecule has 1 aromatic carbocycles. The van der Waals surface area contributed by atoms with Gasteiger partial charge in [0.15, 0.2) is 0 Å². The Kier molecular flexibility index (Phi) is 3.77. The van der Waals surface area contributed by atoms with Crippen LogP contribution in [0.1, 0.15) is 30.9 Å². The summed E-state index contributed by atoms with van der Waals surface area (Å²) in [5.74, 6) is -0.430. The van der Waals surface area contributed by atoms with Gasteiger partial charge in [-0.2, -0.15) is 0 Å². The fourth-order valence-electron chi connectivity index (χ4n) is 1.99. The van der Waals surface area contributed by atoms with E-state index < -0.39 is 11.9 Å². The summed E-state index contributed by atoms with van der Waals surface area (Å²) in [6.45, 7) is 5.25. The number of carbonyl (C=O) groups excluding carboxylic acids is 2. The molecule has 2 rings (SSSR count). The minimum absolute atomic E-state index is 0.178. The summed E-state index contributed by atoms with van der Waals surface area (Å²) >= 11 is 0. The van der Waals surface area contributed by atoms with Gasteiger partial charge in [0.2, 0.25) is 0 Å². The molecule has 1 aliphatic rings. The number of nitrogens with zero attached hydrogens (tertiary/aromatic N) is 1. The van der Waals surface area contributed by atoms with Crippen LogP contribution in [-0.4, -0.2) is 29.9 Å². The number of hydrogen-bond acceptors (Lipinski definition) is 4. The number of benzene rings is 1. The maximum Gasteiger partial charge on any atom is 0.327 e. The highest BCUT2D eigenvalue weighted by Gasteiger charge is 2.24. The monoisotopic (exact) mass is 247 g/mol. The van der Waals surface area contributed by atoms with Crippen molar-refractivity contribution in [2.75, 3.05) is 13.1 Å². The normalized spacial score (nSPS) is 17.1. The van der Waals surface area contributed by atoms with Crippen molar-refractivity contribution in [2.24, 2.45) is 0 Å². The molecule has 1 aliphatic heterocycles. The van der Waals surface area contributed by atoms with Crippen LogP contribution in [0.25, 0.3) is 0 Å². The Morgan fingerprint density at radius 3 is 2.17 bits per heavy atom. The first kappa shape index (κ1) is 12.8. The second-order valence-electron chi connectivity index (χ2n) is 4.89. The lowest BCUT2D eigenvalue weighted by Crippen LogP contribution is -2.42. The van der Waals surface area contributed by atoms with Crippen LogP contribution >= 0.6 is 0 Å². The lowest BCUT2D eigenvalue weighted by Gasteiger charge is -2.24. The maximum atomic E-state index is 11.1. The van der Waals surface area contributed by atoms with E-state index in [1.54, 1.807) is 4.90 Å². The number of cyclic esters (lactones) is 2. The lowest BCUT2D eigenvalue weighted by molar-refractivity contribution is -0.167. The first-order valence-corrected chi connectivity index (χ1v) is 6.09. The van der Waals surface area contributed by atoms with Crippen LogP contribution in [0.15, 0.2) is 24.3 Å². The molecule has 0 saturated carbocycles. The molecule has 0 atom stereocenters. The standard InChI is InChI=1S/C14H17NO3/c1-10(2)12-5-3-11(4-6-12)7-15-8-13(16)18-14(17)9-15/h3-6,10H,7-9H2,1-2H3. The zero-order chi connectivity index (χ0) is 13.1. The predicted molar refractivity (Wildman–Crippen MR) is 66.9 cm³/mol. The van der Waals surface area contributed by atoms with Gasteiger partial charge in [-0.25, -0.2) is 0 Å². The molecule has 1 saturated heterocycles. The van der Waals surface area contributed by atoms with Crippen LogP contribution in [0.2, 0.25) is 0 Å². The van der Waals surface area contributed by atoms with Crippen LogP contribution in [0, 0.1) is 0 Å². The highest BCUT2D eigenvalue weighted by molar-refractivity contribution is 5.90. The van der Waals surface area contributed by atoms with Crippen LogP contribution in [0.4, 0.5) is 0 Å². The van der Waals surface area contributed by atoms with Crippen LogP contribution in [0.5, 0.6) is 0 Å². The Hall–Kier alpha value is -1.68. The van der Waals surface area contributed by atoms with Crippen molar-refractivity contribution >= 4 is 11.9 Å². The van der Waals surface area contributed by atoms with Gasteiger partial charge in [-0.15, -0.1) is 0 Å². The number of ether oxygens (including phenoxy) is 1. The number of esters is 2. The third kappa shape index (κ3) is 3.17. The molecule has 1 heterocycles. The molecule has 0 bridgehead atoms. The SMILES string of the molecule is CC(C)c1ccc(CN2CC(=O)OC(=O)C2)cc1. The molecule has 4 nitrogen and oxygen atoms in total. The second-order valence-corrected chi connectivity index (χ2v) is 4.89. The largest absolute Gasteiger partial charge is 0.391 e. The van der Waals surface area contributed by atoms with Crippen molar-refractivity contribution in [2.45, 2.75) is 26.3 Å². The van der Waals surface area contributed by atoms with Gasteiger partial charge in [0.1, 0.15) is 0 Å². The number of morpholine rings is 1. The molecule has 1 aromatic rings. The Labute approximate surface area is 107 Å². The molecular formula is C14H17NO3. The minimum Gasteiger partial charge on any atom is -0.391 e. The zero-order valence-corrected chi connectivity index (χ0v) is 10.7. The fraction of sp³-hybridized carbons (Fsp3) is 0.429. The quantitative estimate of drug-likeness (QED) is 0.602. The van der Waals surface area contributed by atoms with Crippen molar-refractivity contribution in [1.29, 1.82) is 0 Å². The molecule has 0 unspecified atom stereocenters. The van der Waals surface area contributed by atoms with Crippen molar-refractivity contribution in [3.05, 3.63) is 35.4 Å². The van der Waals surface area contributed by atoms with Crippen molar-refractivity contribution < 1.29 is 14.3 Å². The molecule has 18 heavy (non-hydrogen) atoms. The summed E-state index contributed by atoms with van der Waals surface area (Å²) in [6.07, 6.45) is 0. The molecule has 0 aromatic heterocycles. The van der Waals surface area contributed by atoms with Gasteiger partial charge >= 0.3 is 11.9 Å². The Balaban J connectivity index is 2.00. The van der Waals surface area contributed by atoms with E-state index in [9.17, 15) is 9.59 Å². The highest BCUT2D eigenvalue weighted by atomic mass is 16.6. The van der Waals surface area contributed by atoms with E-state index >= 15 is 0 Å². The minimum atomic E-state index is -0.468. The van der Waals surface area contributed by atoms with Gasteiger partial charge < -0.3 is 4.74 Å². The topological polar surface area (TPSA) is 46.6 Å². The summed E-state index contributed by atoms with van der Waals surface area (Å²) in [5, 5.41) is 0. The first-order chi connectivity index (χ1) is 8.54. The van der Waals surface area contributed by atoms with Gasteiger partial charge in [-0.3, -0.25) is 14.5 Å². The van der Waals surface area contributed by atoms with E-state index in [0.717, 1.165) is 5.56 Å². The van der Waals surface area contributed by atoms with Crippen molar-refractivity contribution in [1.82, 2.24) is 4.90 Å². The van der Waals surface area contributed by atoms with Gasteiger partial charge in [0.25, 0.3) is 0 Å². The Bertz CT molecular complexity index is 435. The smallest absolute Gasteiger partial charge is 0.327 e. The summed E-state index contributed by atoms with van der Waals surface area (Å²) < 4.78 is 4.49. The molecule has 96 valence electrons. The van der Waals surface area contributed by atoms with Gasteiger partial charge in [0.05, 0.1) is 13.1 Å². The summed E-state index contributed by atoms with van der Waals surface area (Å²) in [6, 6.07) is 8.26. The van der Waals surface area contributed by atoms with E-state index in [4.69, 9.17) is 0 Å². The van der Waals surface area contributed by atoms with Gasteiger partial charge in [-0.05, 0) is 17.0 Å². The van der Waals surface area contributed by atoms with E-state index in [1.165, 1.54) is 5.56 Å². The maximum absolute atomic E-state index is 11.1. The van der Waals surface area contributed by atoms with E-state index in [1.807, 2.05) is 12.1 Å². The average Bonchev–Trinajstić information content (AvgIpc) is 2.28. The number of hydrogen-bond donors (Lipinski definition) is 0. The van der Waals surface area contributed by atoms with Crippen molar-refractivity contribution in [3.8, 4) is 0 Å². The third-order valence-electron chi connectivity index (χ3n) is 2.99. The van der Waals surface area contributed by atoms with Gasteiger partial charge in [-0.1, -0.05) is 38.1 Å². The molecular weight excluding hydrogens is 230 g/mol. The zero-order valence-electron chi connectivity index (χ0n) is 10.7. The highest BCUT2D eigenvalue weighted by Crippen LogP contribution is 2.16.